The van der Waals surface area contributed by atoms with E-state index >= 15 is 0 Å². The van der Waals surface area contributed by atoms with Crippen LogP contribution in [0.25, 0.3) is 10.9 Å². The van der Waals surface area contributed by atoms with Crippen molar-refractivity contribution in [1.29, 1.82) is 0 Å². The highest BCUT2D eigenvalue weighted by atomic mass is 35.5. The molecule has 7 heteroatoms. The van der Waals surface area contributed by atoms with Gasteiger partial charge < -0.3 is 15.2 Å². The summed E-state index contributed by atoms with van der Waals surface area (Å²) in [7, 11) is 0. The number of hydrogen-bond donors (Lipinski definition) is 2. The van der Waals surface area contributed by atoms with Gasteiger partial charge in [-0.15, -0.1) is 0 Å². The summed E-state index contributed by atoms with van der Waals surface area (Å²) in [6, 6.07) is 19.4. The van der Waals surface area contributed by atoms with Gasteiger partial charge in [-0.2, -0.15) is 0 Å². The highest BCUT2D eigenvalue weighted by Gasteiger charge is 2.15. The summed E-state index contributed by atoms with van der Waals surface area (Å²) in [5.74, 6) is 0. The number of nitrogens with zero attached hydrogens (tertiary/aromatic N) is 2. The molecule has 31 heavy (non-hydrogen) atoms. The van der Waals surface area contributed by atoms with Crippen molar-refractivity contribution < 1.29 is 0 Å². The number of aromatic nitrogens is 2. The molecule has 158 valence electrons. The number of benzene rings is 2. The first-order valence-electron chi connectivity index (χ1n) is 9.98. The molecule has 4 nitrogen and oxygen atoms in total. The molecule has 4 aromatic rings. The second-order valence-corrected chi connectivity index (χ2v) is 8.61. The Morgan fingerprint density at radius 2 is 1.84 bits per heavy atom. The van der Waals surface area contributed by atoms with E-state index in [9.17, 15) is 0 Å². The second-order valence-electron chi connectivity index (χ2n) is 7.35. The van der Waals surface area contributed by atoms with Gasteiger partial charge in [-0.3, -0.25) is 4.98 Å². The van der Waals surface area contributed by atoms with Crippen molar-refractivity contribution >= 4 is 57.1 Å². The molecule has 2 aromatic heterocycles. The minimum atomic E-state index is 0.614. The third kappa shape index (κ3) is 5.37. The van der Waals surface area contributed by atoms with Crippen molar-refractivity contribution in [3.05, 3.63) is 93.9 Å². The maximum Gasteiger partial charge on any atom is 0.173 e. The molecule has 0 spiro atoms. The van der Waals surface area contributed by atoms with E-state index in [1.54, 1.807) is 6.20 Å². The fraction of sp³-hybridized carbons (Fsp3) is 0.167. The van der Waals surface area contributed by atoms with Crippen LogP contribution < -0.4 is 5.32 Å². The van der Waals surface area contributed by atoms with Crippen molar-refractivity contribution in [2.75, 3.05) is 11.9 Å². The average Bonchev–Trinajstić information content (AvgIpc) is 3.07. The van der Waals surface area contributed by atoms with Crippen LogP contribution in [-0.2, 0) is 13.0 Å². The Kier molecular flexibility index (Phi) is 6.76. The molecule has 2 N–H and O–H groups in total. The molecule has 0 unspecified atom stereocenters. The number of aryl methyl sites for hydroxylation is 1. The van der Waals surface area contributed by atoms with Gasteiger partial charge in [-0.25, -0.2) is 0 Å². The van der Waals surface area contributed by atoms with Gasteiger partial charge in [-0.05, 0) is 85.7 Å². The number of pyridine rings is 1. The lowest BCUT2D eigenvalue weighted by Crippen LogP contribution is -2.36. The Labute approximate surface area is 197 Å². The molecule has 4 rings (SSSR count). The third-order valence-corrected chi connectivity index (χ3v) is 6.02. The van der Waals surface area contributed by atoms with Gasteiger partial charge in [0.05, 0.1) is 12.2 Å². The summed E-state index contributed by atoms with van der Waals surface area (Å²) >= 11 is 18.0. The molecule has 0 saturated carbocycles. The number of anilines is 1. The molecule has 0 amide bonds. The first kappa shape index (κ1) is 21.6. The molecular formula is C24H22Cl2N4S. The zero-order valence-electron chi connectivity index (χ0n) is 17.0. The van der Waals surface area contributed by atoms with Crippen LogP contribution in [0.5, 0.6) is 0 Å². The van der Waals surface area contributed by atoms with E-state index < -0.39 is 0 Å². The zero-order valence-corrected chi connectivity index (χ0v) is 19.4. The number of thiocarbonyl (C=S) groups is 1. The summed E-state index contributed by atoms with van der Waals surface area (Å²) < 4.78 is 0. The van der Waals surface area contributed by atoms with Crippen LogP contribution in [0.15, 0.2) is 66.9 Å². The monoisotopic (exact) mass is 468 g/mol. The lowest BCUT2D eigenvalue weighted by molar-refractivity contribution is 0.417. The van der Waals surface area contributed by atoms with Crippen molar-refractivity contribution in [2.45, 2.75) is 19.9 Å². The number of hydrogen-bond acceptors (Lipinski definition) is 2. The molecule has 2 heterocycles. The van der Waals surface area contributed by atoms with Crippen molar-refractivity contribution in [1.82, 2.24) is 14.9 Å². The largest absolute Gasteiger partial charge is 0.358 e. The molecule has 0 aliphatic rings. The molecule has 0 saturated heterocycles. The molecule has 2 aromatic carbocycles. The Hall–Kier alpha value is -2.60. The fourth-order valence-corrected chi connectivity index (χ4v) is 4.17. The molecule has 0 bridgehead atoms. The lowest BCUT2D eigenvalue weighted by Gasteiger charge is -2.26. The summed E-state index contributed by atoms with van der Waals surface area (Å²) in [4.78, 5) is 10.1. The zero-order chi connectivity index (χ0) is 21.8. The van der Waals surface area contributed by atoms with Crippen LogP contribution in [0.4, 0.5) is 5.69 Å². The van der Waals surface area contributed by atoms with E-state index in [0.717, 1.165) is 46.0 Å². The van der Waals surface area contributed by atoms with Gasteiger partial charge in [0, 0.05) is 45.1 Å². The first-order valence-corrected chi connectivity index (χ1v) is 11.1. The highest BCUT2D eigenvalue weighted by Crippen LogP contribution is 2.26. The topological polar surface area (TPSA) is 44.0 Å². The van der Waals surface area contributed by atoms with Gasteiger partial charge >= 0.3 is 0 Å². The van der Waals surface area contributed by atoms with E-state index in [2.05, 4.69) is 27.1 Å². The lowest BCUT2D eigenvalue weighted by atomic mass is 10.1. The Bertz CT molecular complexity index is 1190. The predicted molar refractivity (Wildman–Crippen MR) is 134 cm³/mol. The average molecular weight is 469 g/mol. The molecular weight excluding hydrogens is 447 g/mol. The van der Waals surface area contributed by atoms with Crippen molar-refractivity contribution in [3.63, 3.8) is 0 Å². The second kappa shape index (κ2) is 9.69. The van der Waals surface area contributed by atoms with Gasteiger partial charge in [0.15, 0.2) is 5.11 Å². The summed E-state index contributed by atoms with van der Waals surface area (Å²) in [6.07, 6.45) is 2.62. The van der Waals surface area contributed by atoms with Gasteiger partial charge in [-0.1, -0.05) is 29.3 Å². The number of rotatable bonds is 6. The maximum atomic E-state index is 6.25. The van der Waals surface area contributed by atoms with Gasteiger partial charge in [0.1, 0.15) is 0 Å². The van der Waals surface area contributed by atoms with E-state index in [-0.39, 0.29) is 0 Å². The molecule has 0 aliphatic heterocycles. The summed E-state index contributed by atoms with van der Waals surface area (Å²) in [5, 5.41) is 6.54. The number of aromatic amines is 1. The predicted octanol–water partition coefficient (Wildman–Crippen LogP) is 6.62. The minimum absolute atomic E-state index is 0.614. The number of halogens is 2. The smallest absolute Gasteiger partial charge is 0.173 e. The van der Waals surface area contributed by atoms with E-state index in [1.165, 1.54) is 5.56 Å². The Morgan fingerprint density at radius 3 is 2.58 bits per heavy atom. The van der Waals surface area contributed by atoms with Crippen LogP contribution in [-0.4, -0.2) is 26.5 Å². The maximum absolute atomic E-state index is 6.25. The van der Waals surface area contributed by atoms with Crippen LogP contribution in [0, 0.1) is 6.92 Å². The normalized spacial score (nSPS) is 10.9. The van der Waals surface area contributed by atoms with E-state index in [0.29, 0.717) is 16.7 Å². The number of nitrogens with one attached hydrogen (secondary N) is 2. The summed E-state index contributed by atoms with van der Waals surface area (Å²) in [6.45, 7) is 3.44. The molecule has 0 fully saturated rings. The quantitative estimate of drug-likeness (QED) is 0.312. The van der Waals surface area contributed by atoms with Crippen LogP contribution in [0.2, 0.25) is 10.0 Å². The SMILES string of the molecule is Cc1[nH]c2ccc(Cl)cc2c1CCN(Cc1ccccn1)C(=S)Nc1ccc(Cl)cc1. The number of fused-ring (bicyclic) bond motifs is 1. The molecule has 0 atom stereocenters. The van der Waals surface area contributed by atoms with E-state index in [4.69, 9.17) is 35.4 Å². The Balaban J connectivity index is 1.55. The Morgan fingerprint density at radius 1 is 1.06 bits per heavy atom. The summed E-state index contributed by atoms with van der Waals surface area (Å²) in [5.41, 5.74) is 5.34. The molecule has 0 radical (unpaired) electrons. The van der Waals surface area contributed by atoms with Crippen LogP contribution in [0.3, 0.4) is 0 Å². The minimum Gasteiger partial charge on any atom is -0.358 e. The van der Waals surface area contributed by atoms with Crippen molar-refractivity contribution in [2.24, 2.45) is 0 Å². The highest BCUT2D eigenvalue weighted by molar-refractivity contribution is 7.80. The van der Waals surface area contributed by atoms with Crippen molar-refractivity contribution in [3.8, 4) is 0 Å². The van der Waals surface area contributed by atoms with Crippen LogP contribution in [0.1, 0.15) is 17.0 Å². The number of H-pyrrole nitrogens is 1. The van der Waals surface area contributed by atoms with Crippen LogP contribution >= 0.6 is 35.4 Å². The standard InChI is InChI=1S/C24H22Cl2N4S/c1-16-21(22-14-18(26)7-10-23(22)28-16)11-13-30(15-20-4-2-3-12-27-20)24(31)29-19-8-5-17(25)6-9-19/h2-10,12,14,28H,11,13,15H2,1H3,(H,29,31). The first-order chi connectivity index (χ1) is 15.0. The fourth-order valence-electron chi connectivity index (χ4n) is 3.60. The molecule has 0 aliphatic carbocycles. The van der Waals surface area contributed by atoms with E-state index in [1.807, 2.05) is 60.7 Å². The van der Waals surface area contributed by atoms with Gasteiger partial charge in [0.25, 0.3) is 0 Å². The van der Waals surface area contributed by atoms with Gasteiger partial charge in [0.2, 0.25) is 0 Å². The third-order valence-electron chi connectivity index (χ3n) is 5.17.